The summed E-state index contributed by atoms with van der Waals surface area (Å²) >= 11 is 0. The molecule has 0 aromatic heterocycles. The van der Waals surface area contributed by atoms with Crippen LogP contribution in [0.5, 0.6) is 0 Å². The number of rotatable bonds is 3. The molecule has 3 atom stereocenters. The molecule has 1 saturated carbocycles. The minimum absolute atomic E-state index is 0.524. The van der Waals surface area contributed by atoms with Gasteiger partial charge in [0.05, 0.1) is 0 Å². The highest BCUT2D eigenvalue weighted by Crippen LogP contribution is 2.43. The maximum atomic E-state index is 3.81. The molecule has 2 aliphatic rings. The first kappa shape index (κ1) is 11.4. The van der Waals surface area contributed by atoms with Gasteiger partial charge in [-0.25, -0.2) is 0 Å². The molecule has 0 amide bonds. The van der Waals surface area contributed by atoms with E-state index in [1.165, 1.54) is 51.6 Å². The van der Waals surface area contributed by atoms with Gasteiger partial charge in [-0.15, -0.1) is 0 Å². The van der Waals surface area contributed by atoms with E-state index in [4.69, 9.17) is 0 Å². The summed E-state index contributed by atoms with van der Waals surface area (Å²) in [6.45, 7) is 4.92. The second-order valence-corrected chi connectivity index (χ2v) is 5.52. The molecule has 2 N–H and O–H groups in total. The van der Waals surface area contributed by atoms with Crippen LogP contribution in [0.4, 0.5) is 0 Å². The molecule has 2 rings (SSSR count). The third kappa shape index (κ3) is 2.21. The van der Waals surface area contributed by atoms with Crippen LogP contribution in [-0.4, -0.2) is 25.7 Å². The van der Waals surface area contributed by atoms with E-state index in [-0.39, 0.29) is 0 Å². The van der Waals surface area contributed by atoms with E-state index in [0.717, 1.165) is 11.8 Å². The average molecular weight is 210 g/mol. The molecule has 0 bridgehead atoms. The van der Waals surface area contributed by atoms with E-state index in [9.17, 15) is 0 Å². The molecule has 2 nitrogen and oxygen atoms in total. The minimum Gasteiger partial charge on any atom is -0.320 e. The molecule has 1 spiro atoms. The monoisotopic (exact) mass is 210 g/mol. The number of nitrogens with one attached hydrogen (secondary N) is 2. The number of hydrogen-bond donors (Lipinski definition) is 2. The Hall–Kier alpha value is -0.0800. The lowest BCUT2D eigenvalue weighted by Crippen LogP contribution is -2.51. The SMILES string of the molecule is CNCC[C@@H]1CCCC2(CCCN2)[C@H]1C. The normalized spacial score (nSPS) is 41.2. The van der Waals surface area contributed by atoms with Crippen molar-refractivity contribution in [3.63, 3.8) is 0 Å². The van der Waals surface area contributed by atoms with Gasteiger partial charge in [0.15, 0.2) is 0 Å². The fraction of sp³-hybridized carbons (Fsp3) is 1.00. The zero-order valence-electron chi connectivity index (χ0n) is 10.3. The lowest BCUT2D eigenvalue weighted by molar-refractivity contribution is 0.108. The van der Waals surface area contributed by atoms with Crippen molar-refractivity contribution >= 4 is 0 Å². The van der Waals surface area contributed by atoms with Crippen LogP contribution in [0, 0.1) is 11.8 Å². The summed E-state index contributed by atoms with van der Waals surface area (Å²) in [7, 11) is 2.07. The summed E-state index contributed by atoms with van der Waals surface area (Å²) in [5.41, 5.74) is 0.524. The first-order valence-electron chi connectivity index (χ1n) is 6.68. The summed E-state index contributed by atoms with van der Waals surface area (Å²) in [5.74, 6) is 1.82. The Morgan fingerprint density at radius 3 is 2.80 bits per heavy atom. The predicted molar refractivity (Wildman–Crippen MR) is 65.0 cm³/mol. The average Bonchev–Trinajstić information content (AvgIpc) is 2.70. The molecule has 2 heteroatoms. The maximum Gasteiger partial charge on any atom is 0.0210 e. The Balaban J connectivity index is 1.96. The summed E-state index contributed by atoms with van der Waals surface area (Å²) < 4.78 is 0. The van der Waals surface area contributed by atoms with E-state index in [1.54, 1.807) is 0 Å². The van der Waals surface area contributed by atoms with Crippen LogP contribution in [0.3, 0.4) is 0 Å². The zero-order valence-corrected chi connectivity index (χ0v) is 10.3. The zero-order chi connectivity index (χ0) is 10.7. The largest absolute Gasteiger partial charge is 0.320 e. The van der Waals surface area contributed by atoms with Crippen LogP contribution >= 0.6 is 0 Å². The molecule has 0 aromatic carbocycles. The lowest BCUT2D eigenvalue weighted by Gasteiger charge is -2.45. The third-order valence-electron chi connectivity index (χ3n) is 4.82. The van der Waals surface area contributed by atoms with E-state index >= 15 is 0 Å². The molecule has 1 heterocycles. The molecule has 0 radical (unpaired) electrons. The smallest absolute Gasteiger partial charge is 0.0210 e. The lowest BCUT2D eigenvalue weighted by atomic mass is 9.66. The molecule has 0 aromatic rings. The molecule has 1 saturated heterocycles. The van der Waals surface area contributed by atoms with Crippen LogP contribution in [0.25, 0.3) is 0 Å². The number of hydrogen-bond acceptors (Lipinski definition) is 2. The molecule has 2 fully saturated rings. The van der Waals surface area contributed by atoms with Crippen molar-refractivity contribution in [3.05, 3.63) is 0 Å². The highest BCUT2D eigenvalue weighted by atomic mass is 15.0. The van der Waals surface area contributed by atoms with Crippen molar-refractivity contribution < 1.29 is 0 Å². The molecule has 1 aliphatic carbocycles. The summed E-state index contributed by atoms with van der Waals surface area (Å²) in [6, 6.07) is 0. The summed E-state index contributed by atoms with van der Waals surface area (Å²) in [4.78, 5) is 0. The Morgan fingerprint density at radius 2 is 2.13 bits per heavy atom. The summed E-state index contributed by atoms with van der Waals surface area (Å²) in [5, 5.41) is 7.10. The van der Waals surface area contributed by atoms with Gasteiger partial charge in [0.25, 0.3) is 0 Å². The highest BCUT2D eigenvalue weighted by molar-refractivity contribution is 5.01. The predicted octanol–water partition coefficient (Wildman–Crippen LogP) is 2.15. The van der Waals surface area contributed by atoms with E-state index in [2.05, 4.69) is 24.6 Å². The molecule has 15 heavy (non-hydrogen) atoms. The molecular formula is C13H26N2. The first-order valence-corrected chi connectivity index (χ1v) is 6.68. The van der Waals surface area contributed by atoms with Gasteiger partial charge in [-0.05, 0) is 57.7 Å². The standard InChI is InChI=1S/C13H26N2/c1-11-12(6-10-14-2)5-3-7-13(11)8-4-9-15-13/h11-12,14-15H,3-10H2,1-2H3/t11-,12-,13?/m0/s1. The van der Waals surface area contributed by atoms with Crippen LogP contribution in [0.1, 0.15) is 45.4 Å². The first-order chi connectivity index (χ1) is 7.28. The van der Waals surface area contributed by atoms with E-state index < -0.39 is 0 Å². The van der Waals surface area contributed by atoms with Crippen LogP contribution in [0.15, 0.2) is 0 Å². The van der Waals surface area contributed by atoms with Gasteiger partial charge >= 0.3 is 0 Å². The van der Waals surface area contributed by atoms with E-state index in [1.807, 2.05) is 0 Å². The van der Waals surface area contributed by atoms with Gasteiger partial charge in [0.2, 0.25) is 0 Å². The molecule has 1 unspecified atom stereocenters. The second-order valence-electron chi connectivity index (χ2n) is 5.52. The minimum atomic E-state index is 0.524. The van der Waals surface area contributed by atoms with E-state index in [0.29, 0.717) is 5.54 Å². The fourth-order valence-corrected chi connectivity index (χ4v) is 3.76. The van der Waals surface area contributed by atoms with Crippen molar-refractivity contribution in [2.45, 2.75) is 51.0 Å². The van der Waals surface area contributed by atoms with Gasteiger partial charge in [0, 0.05) is 5.54 Å². The topological polar surface area (TPSA) is 24.1 Å². The Kier molecular flexibility index (Phi) is 3.68. The quantitative estimate of drug-likeness (QED) is 0.746. The second kappa shape index (κ2) is 4.84. The van der Waals surface area contributed by atoms with Gasteiger partial charge in [-0.3, -0.25) is 0 Å². The van der Waals surface area contributed by atoms with Crippen molar-refractivity contribution in [2.24, 2.45) is 11.8 Å². The van der Waals surface area contributed by atoms with Gasteiger partial charge in [-0.1, -0.05) is 19.8 Å². The van der Waals surface area contributed by atoms with Gasteiger partial charge in [-0.2, -0.15) is 0 Å². The molecule has 88 valence electrons. The molecular weight excluding hydrogens is 184 g/mol. The summed E-state index contributed by atoms with van der Waals surface area (Å²) in [6.07, 6.45) is 8.48. The van der Waals surface area contributed by atoms with Gasteiger partial charge in [0.1, 0.15) is 0 Å². The maximum absolute atomic E-state index is 3.81. The van der Waals surface area contributed by atoms with Crippen LogP contribution in [-0.2, 0) is 0 Å². The van der Waals surface area contributed by atoms with Crippen molar-refractivity contribution in [3.8, 4) is 0 Å². The van der Waals surface area contributed by atoms with Crippen LogP contribution in [0.2, 0.25) is 0 Å². The Labute approximate surface area is 94.2 Å². The Bertz CT molecular complexity index is 197. The third-order valence-corrected chi connectivity index (χ3v) is 4.82. The van der Waals surface area contributed by atoms with Crippen molar-refractivity contribution in [1.82, 2.24) is 10.6 Å². The molecule has 1 aliphatic heterocycles. The van der Waals surface area contributed by atoms with Crippen LogP contribution < -0.4 is 10.6 Å². The highest BCUT2D eigenvalue weighted by Gasteiger charge is 2.43. The van der Waals surface area contributed by atoms with Gasteiger partial charge < -0.3 is 10.6 Å². The van der Waals surface area contributed by atoms with Crippen molar-refractivity contribution in [1.29, 1.82) is 0 Å². The fourth-order valence-electron chi connectivity index (χ4n) is 3.76. The van der Waals surface area contributed by atoms with Crippen molar-refractivity contribution in [2.75, 3.05) is 20.1 Å². The Morgan fingerprint density at radius 1 is 1.33 bits per heavy atom.